The summed E-state index contributed by atoms with van der Waals surface area (Å²) in [6.07, 6.45) is 3.97. The summed E-state index contributed by atoms with van der Waals surface area (Å²) in [7, 11) is -7.55. The molecule has 3 aromatic rings. The summed E-state index contributed by atoms with van der Waals surface area (Å²) >= 11 is 0. The van der Waals surface area contributed by atoms with Crippen molar-refractivity contribution in [3.05, 3.63) is 93.8 Å². The molecule has 9 N–H and O–H groups in total. The minimum Gasteiger partial charge on any atom is -0.478 e. The number of hydrogen-bond donors (Lipinski definition) is 7. The molecule has 0 saturated carbocycles. The third kappa shape index (κ3) is 11.6. The van der Waals surface area contributed by atoms with Gasteiger partial charge >= 0.3 is 11.7 Å². The second kappa shape index (κ2) is 21.3. The molecule has 24 heteroatoms. The van der Waals surface area contributed by atoms with Gasteiger partial charge in [0.1, 0.15) is 17.8 Å². The lowest BCUT2D eigenvalue weighted by atomic mass is 9.89. The number of carboxylic acids is 1. The van der Waals surface area contributed by atoms with E-state index in [9.17, 15) is 50.2 Å². The fourth-order valence-corrected chi connectivity index (χ4v) is 10.8. The summed E-state index contributed by atoms with van der Waals surface area (Å²) < 4.78 is 88.9. The van der Waals surface area contributed by atoms with Gasteiger partial charge in [-0.15, -0.1) is 6.58 Å². The number of fused-ring (bicyclic) bond motifs is 2. The molecule has 2 aliphatic heterocycles. The molecule has 3 aliphatic rings. The number of nitrogens with two attached hydrogens (primary N) is 2. The first-order chi connectivity index (χ1) is 31.7. The Morgan fingerprint density at radius 3 is 2.45 bits per heavy atom. The number of carboxylic acid groups (broad SMARTS) is 1. The van der Waals surface area contributed by atoms with Crippen LogP contribution in [0.3, 0.4) is 0 Å². The van der Waals surface area contributed by atoms with E-state index in [1.54, 1.807) is 6.08 Å². The Bertz CT molecular complexity index is 3160. The van der Waals surface area contributed by atoms with E-state index < -0.39 is 81.8 Å². The molecule has 3 unspecified atom stereocenters. The molecule has 3 atom stereocenters. The van der Waals surface area contributed by atoms with Gasteiger partial charge < -0.3 is 35.8 Å². The molecule has 20 nitrogen and oxygen atoms in total. The zero-order valence-corrected chi connectivity index (χ0v) is 38.8. The van der Waals surface area contributed by atoms with Crippen molar-refractivity contribution in [3.8, 4) is 34.3 Å². The summed E-state index contributed by atoms with van der Waals surface area (Å²) in [6, 6.07) is 8.13. The second-order valence-corrected chi connectivity index (χ2v) is 20.2. The monoisotopic (exact) mass is 996 g/mol. The van der Waals surface area contributed by atoms with Gasteiger partial charge in [0.25, 0.3) is 26.1 Å². The van der Waals surface area contributed by atoms with E-state index in [-0.39, 0.29) is 77.3 Å². The molecule has 2 aromatic carbocycles. The van der Waals surface area contributed by atoms with Crippen LogP contribution in [0.25, 0.3) is 33.4 Å². The van der Waals surface area contributed by atoms with E-state index in [2.05, 4.69) is 28.7 Å². The summed E-state index contributed by atoms with van der Waals surface area (Å²) in [6.45, 7) is 6.15. The van der Waals surface area contributed by atoms with E-state index in [4.69, 9.17) is 30.8 Å². The van der Waals surface area contributed by atoms with Crippen molar-refractivity contribution in [1.29, 1.82) is 5.41 Å². The molecule has 3 heterocycles. The SMILES string of the molecule is C=CCOC1CC(n2cc(C#CCCC(=O)CCSSCCNC(=O)c3ccc(-c4c5ccc(=N)c(S(=O)(=O)O)c-5oc5c(S(=O)(=O)O)c(N)ccc45)c(C(=O)O)c3)c(N)nc2=O)OC1CC. The van der Waals surface area contributed by atoms with Gasteiger partial charge in [0.2, 0.25) is 0 Å². The predicted molar refractivity (Wildman–Crippen MR) is 250 cm³/mol. The average Bonchev–Trinajstić information content (AvgIpc) is 3.68. The molecule has 1 fully saturated rings. The van der Waals surface area contributed by atoms with Gasteiger partial charge in [0.05, 0.1) is 41.0 Å². The average molecular weight is 997 g/mol. The van der Waals surface area contributed by atoms with Crippen molar-refractivity contribution in [2.45, 2.75) is 67.3 Å². The molecule has 1 aromatic heterocycles. The van der Waals surface area contributed by atoms with Crippen LogP contribution in [0.1, 0.15) is 71.5 Å². The molecule has 1 amide bonds. The smallest absolute Gasteiger partial charge is 0.351 e. The van der Waals surface area contributed by atoms with E-state index in [0.717, 1.165) is 18.2 Å². The van der Waals surface area contributed by atoms with Crippen molar-refractivity contribution < 1.29 is 59.3 Å². The van der Waals surface area contributed by atoms with Crippen molar-refractivity contribution in [2.75, 3.05) is 36.1 Å². The number of Topliss-reactive ketones (excluding diaryl/α,β-unsaturated/α-hetero) is 1. The van der Waals surface area contributed by atoms with Crippen LogP contribution in [0.15, 0.2) is 80.3 Å². The third-order valence-corrected chi connectivity index (χ3v) is 14.6. The van der Waals surface area contributed by atoms with Crippen LogP contribution in [0.5, 0.6) is 0 Å². The van der Waals surface area contributed by atoms with Crippen molar-refractivity contribution >= 4 is 82.0 Å². The highest BCUT2D eigenvalue weighted by atomic mass is 33.1. The van der Waals surface area contributed by atoms with Crippen LogP contribution in [-0.4, -0.2) is 95.1 Å². The summed E-state index contributed by atoms with van der Waals surface area (Å²) in [5, 5.41) is 20.3. The maximum atomic E-state index is 13.2. The molecule has 67 heavy (non-hydrogen) atoms. The Balaban J connectivity index is 1.05. The third-order valence-electron chi connectivity index (χ3n) is 10.4. The van der Waals surface area contributed by atoms with Crippen LogP contribution in [0, 0.1) is 17.3 Å². The molecule has 0 radical (unpaired) electrons. The number of hydrogen-bond acceptors (Lipinski definition) is 17. The topological polar surface area (TPSA) is 335 Å². The minimum absolute atomic E-state index is 0.0196. The number of amides is 1. The van der Waals surface area contributed by atoms with E-state index in [1.807, 2.05) is 6.92 Å². The zero-order valence-electron chi connectivity index (χ0n) is 35.5. The predicted octanol–water partition coefficient (Wildman–Crippen LogP) is 4.77. The summed E-state index contributed by atoms with van der Waals surface area (Å²) in [4.78, 5) is 53.0. The van der Waals surface area contributed by atoms with Crippen LogP contribution in [0.4, 0.5) is 11.5 Å². The number of anilines is 2. The summed E-state index contributed by atoms with van der Waals surface area (Å²) in [5.41, 5.74) is 9.38. The summed E-state index contributed by atoms with van der Waals surface area (Å²) in [5.74, 6) is 3.77. The van der Waals surface area contributed by atoms with Gasteiger partial charge in [-0.05, 0) is 48.4 Å². The first-order valence-electron chi connectivity index (χ1n) is 20.2. The number of carbonyl (C=O) groups excluding carboxylic acids is 2. The number of ether oxygens (including phenoxy) is 2. The van der Waals surface area contributed by atoms with Crippen LogP contribution < -0.4 is 27.8 Å². The first kappa shape index (κ1) is 50.4. The Morgan fingerprint density at radius 1 is 1.04 bits per heavy atom. The largest absolute Gasteiger partial charge is 0.478 e. The number of nitrogens with one attached hydrogen (secondary N) is 2. The quantitative estimate of drug-likeness (QED) is 0.0111. The Hall–Kier alpha value is -6.04. The maximum absolute atomic E-state index is 13.2. The van der Waals surface area contributed by atoms with Gasteiger partial charge in [-0.25, -0.2) is 9.59 Å². The lowest BCUT2D eigenvalue weighted by molar-refractivity contribution is -0.118. The molecule has 6 rings (SSSR count). The number of aromatic nitrogens is 2. The van der Waals surface area contributed by atoms with Gasteiger partial charge in [0.15, 0.2) is 21.1 Å². The lowest BCUT2D eigenvalue weighted by Crippen LogP contribution is -2.28. The fraction of sp³-hybridized carbons (Fsp3) is 0.302. The van der Waals surface area contributed by atoms with E-state index in [1.165, 1.54) is 56.6 Å². The Kier molecular flexibility index (Phi) is 16.0. The number of benzene rings is 3. The lowest BCUT2D eigenvalue weighted by Gasteiger charge is -2.20. The molecule has 1 aliphatic carbocycles. The molecular weight excluding hydrogens is 953 g/mol. The number of aromatic carboxylic acids is 1. The molecule has 354 valence electrons. The number of carbonyl (C=O) groups is 3. The Morgan fingerprint density at radius 2 is 1.76 bits per heavy atom. The first-order valence-corrected chi connectivity index (χ1v) is 25.6. The highest BCUT2D eigenvalue weighted by Gasteiger charge is 2.37. The highest BCUT2D eigenvalue weighted by Crippen LogP contribution is 2.46. The fourth-order valence-electron chi connectivity index (χ4n) is 7.33. The normalized spacial score (nSPS) is 16.1. The van der Waals surface area contributed by atoms with E-state index in [0.29, 0.717) is 36.5 Å². The maximum Gasteiger partial charge on any atom is 0.351 e. The highest BCUT2D eigenvalue weighted by molar-refractivity contribution is 8.76. The van der Waals surface area contributed by atoms with Crippen LogP contribution in [0.2, 0.25) is 0 Å². The van der Waals surface area contributed by atoms with Crippen molar-refractivity contribution in [1.82, 2.24) is 14.9 Å². The second-order valence-electron chi connectivity index (χ2n) is 14.8. The minimum atomic E-state index is -5.21. The van der Waals surface area contributed by atoms with Crippen molar-refractivity contribution in [2.24, 2.45) is 0 Å². The van der Waals surface area contributed by atoms with Crippen molar-refractivity contribution in [3.63, 3.8) is 0 Å². The van der Waals surface area contributed by atoms with Gasteiger partial charge in [-0.3, -0.25) is 28.7 Å². The number of nitrogens with zero attached hydrogens (tertiary/aromatic N) is 2. The van der Waals surface area contributed by atoms with E-state index >= 15 is 0 Å². The van der Waals surface area contributed by atoms with Crippen LogP contribution >= 0.6 is 21.6 Å². The Labute approximate surface area is 391 Å². The molecule has 1 saturated heterocycles. The standard InChI is InChI=1S/C43H44N6O14S4/c1-3-17-61-33-21-34(62-32(33)4-2)49-22-24(40(46)48-43(49)54)7-5-6-8-25(50)15-18-64-65-19-16-47-41(51)23-9-10-26(29(20-23)42(52)53)35-27-11-13-30(44)38(66(55,56)57)36(27)63-37-28(35)12-14-31(45)39(37)67(58,59)60/h3,9-14,20,22,32-34,44H,1,4,6,8,15-19,21,45H2,2H3,(H,47,51)(H,52,53)(H2,46,48,54)(H,55,56,57)(H,58,59,60). The number of ketones is 1. The zero-order chi connectivity index (χ0) is 48.8. The van der Waals surface area contributed by atoms with Gasteiger partial charge in [-0.2, -0.15) is 21.8 Å². The molecular formula is C43H44N6O14S4. The van der Waals surface area contributed by atoms with Gasteiger partial charge in [0, 0.05) is 72.0 Å². The molecule has 0 spiro atoms. The number of nitrogen functional groups attached to an aromatic ring is 2. The number of rotatable bonds is 19. The van der Waals surface area contributed by atoms with Gasteiger partial charge in [-0.1, -0.05) is 52.5 Å². The van der Waals surface area contributed by atoms with Crippen LogP contribution in [-0.2, 0) is 34.5 Å². The molecule has 0 bridgehead atoms.